The highest BCUT2D eigenvalue weighted by Crippen LogP contribution is 2.18. The molecule has 2 aromatic carbocycles. The van der Waals surface area contributed by atoms with E-state index in [0.29, 0.717) is 6.54 Å². The van der Waals surface area contributed by atoms with Crippen LogP contribution in [0.3, 0.4) is 0 Å². The fourth-order valence-electron chi connectivity index (χ4n) is 3.81. The highest BCUT2D eigenvalue weighted by Gasteiger charge is 2.22. The SMILES string of the molecule is CCNC(=NCCc1ccn(-c2ccc(F)cc2)n1)N1CCC(Oc2ccccc2)CC1. The number of aliphatic imine (C=N–C) groups is 1. The largest absolute Gasteiger partial charge is 0.490 e. The molecular weight excluding hydrogens is 405 g/mol. The third-order valence-corrected chi connectivity index (χ3v) is 5.49. The quantitative estimate of drug-likeness (QED) is 0.449. The molecular formula is C25H30FN5O. The molecule has 168 valence electrons. The van der Waals surface area contributed by atoms with E-state index >= 15 is 0 Å². The summed E-state index contributed by atoms with van der Waals surface area (Å²) in [7, 11) is 0. The number of guanidine groups is 1. The molecule has 1 N–H and O–H groups in total. The first kappa shape index (κ1) is 21.9. The number of benzene rings is 2. The summed E-state index contributed by atoms with van der Waals surface area (Å²) in [4.78, 5) is 7.14. The molecule has 0 saturated carbocycles. The van der Waals surface area contributed by atoms with Gasteiger partial charge in [-0.05, 0) is 49.4 Å². The van der Waals surface area contributed by atoms with Crippen molar-refractivity contribution in [3.63, 3.8) is 0 Å². The van der Waals surface area contributed by atoms with E-state index in [9.17, 15) is 4.39 Å². The smallest absolute Gasteiger partial charge is 0.193 e. The lowest BCUT2D eigenvalue weighted by Gasteiger charge is -2.34. The molecule has 1 aliphatic rings. The minimum atomic E-state index is -0.248. The Bertz CT molecular complexity index is 995. The van der Waals surface area contributed by atoms with E-state index in [-0.39, 0.29) is 11.9 Å². The first-order valence-corrected chi connectivity index (χ1v) is 11.3. The van der Waals surface area contributed by atoms with Crippen LogP contribution in [0.1, 0.15) is 25.5 Å². The number of nitrogens with one attached hydrogen (secondary N) is 1. The maximum absolute atomic E-state index is 13.1. The molecule has 6 nitrogen and oxygen atoms in total. The van der Waals surface area contributed by atoms with Gasteiger partial charge in [-0.15, -0.1) is 0 Å². The molecule has 0 aliphatic carbocycles. The van der Waals surface area contributed by atoms with Crippen LogP contribution in [0, 0.1) is 5.82 Å². The van der Waals surface area contributed by atoms with Gasteiger partial charge in [-0.2, -0.15) is 5.10 Å². The van der Waals surface area contributed by atoms with Gasteiger partial charge in [0.25, 0.3) is 0 Å². The molecule has 1 fully saturated rings. The topological polar surface area (TPSA) is 54.7 Å². The average Bonchev–Trinajstić information content (AvgIpc) is 3.29. The number of para-hydroxylation sites is 1. The predicted octanol–water partition coefficient (Wildman–Crippen LogP) is 4.06. The van der Waals surface area contributed by atoms with Gasteiger partial charge in [0.2, 0.25) is 0 Å². The van der Waals surface area contributed by atoms with Crippen LogP contribution in [0.4, 0.5) is 4.39 Å². The van der Waals surface area contributed by atoms with E-state index < -0.39 is 0 Å². The summed E-state index contributed by atoms with van der Waals surface area (Å²) in [6.07, 6.45) is 4.83. The fourth-order valence-corrected chi connectivity index (χ4v) is 3.81. The molecule has 32 heavy (non-hydrogen) atoms. The van der Waals surface area contributed by atoms with E-state index in [1.807, 2.05) is 42.6 Å². The zero-order valence-electron chi connectivity index (χ0n) is 18.5. The molecule has 3 aromatic rings. The molecule has 7 heteroatoms. The van der Waals surface area contributed by atoms with Crippen LogP contribution in [0.5, 0.6) is 5.75 Å². The predicted molar refractivity (Wildman–Crippen MR) is 125 cm³/mol. The van der Waals surface area contributed by atoms with E-state index in [2.05, 4.69) is 22.2 Å². The molecule has 1 aliphatic heterocycles. The highest BCUT2D eigenvalue weighted by molar-refractivity contribution is 5.80. The number of aromatic nitrogens is 2. The summed E-state index contributed by atoms with van der Waals surface area (Å²) in [5.74, 6) is 1.64. The van der Waals surface area contributed by atoms with Crippen molar-refractivity contribution < 1.29 is 9.13 Å². The van der Waals surface area contributed by atoms with E-state index in [0.717, 1.165) is 62.0 Å². The lowest BCUT2D eigenvalue weighted by atomic mass is 10.1. The number of piperidine rings is 1. The van der Waals surface area contributed by atoms with Crippen molar-refractivity contribution in [2.75, 3.05) is 26.2 Å². The monoisotopic (exact) mass is 435 g/mol. The number of hydrogen-bond acceptors (Lipinski definition) is 3. The maximum atomic E-state index is 13.1. The number of ether oxygens (including phenoxy) is 1. The second kappa shape index (κ2) is 10.8. The van der Waals surface area contributed by atoms with Gasteiger partial charge in [0.15, 0.2) is 5.96 Å². The van der Waals surface area contributed by atoms with Gasteiger partial charge < -0.3 is 15.0 Å². The molecule has 0 amide bonds. The van der Waals surface area contributed by atoms with Crippen molar-refractivity contribution in [3.8, 4) is 11.4 Å². The van der Waals surface area contributed by atoms with E-state index in [1.165, 1.54) is 12.1 Å². The molecule has 0 radical (unpaired) electrons. The summed E-state index contributed by atoms with van der Waals surface area (Å²) < 4.78 is 21.0. The number of rotatable bonds is 7. The number of nitrogens with zero attached hydrogens (tertiary/aromatic N) is 4. The Morgan fingerprint density at radius 2 is 1.84 bits per heavy atom. The molecule has 0 unspecified atom stereocenters. The Labute approximate surface area is 188 Å². The zero-order chi connectivity index (χ0) is 22.2. The molecule has 2 heterocycles. The Kier molecular flexibility index (Phi) is 7.38. The van der Waals surface area contributed by atoms with Gasteiger partial charge >= 0.3 is 0 Å². The van der Waals surface area contributed by atoms with Crippen LogP contribution < -0.4 is 10.1 Å². The zero-order valence-corrected chi connectivity index (χ0v) is 18.5. The standard InChI is InChI=1S/C25H30FN5O/c1-2-27-25(30-17-14-24(15-18-30)32-23-6-4-3-5-7-23)28-16-12-21-13-19-31(29-21)22-10-8-20(26)9-11-22/h3-11,13,19,24H,2,12,14-18H2,1H3,(H,27,28). The third kappa shape index (κ3) is 5.87. The van der Waals surface area contributed by atoms with Gasteiger partial charge in [0, 0.05) is 51.6 Å². The highest BCUT2D eigenvalue weighted by atomic mass is 19.1. The van der Waals surface area contributed by atoms with Crippen LogP contribution in [0.25, 0.3) is 5.69 Å². The number of likely N-dealkylation sites (tertiary alicyclic amines) is 1. The molecule has 1 aromatic heterocycles. The summed E-state index contributed by atoms with van der Waals surface area (Å²) in [5, 5.41) is 8.00. The first-order valence-electron chi connectivity index (χ1n) is 11.3. The van der Waals surface area contributed by atoms with Crippen LogP contribution in [-0.2, 0) is 6.42 Å². The van der Waals surface area contributed by atoms with Crippen molar-refractivity contribution in [2.45, 2.75) is 32.3 Å². The maximum Gasteiger partial charge on any atom is 0.193 e. The first-order chi connectivity index (χ1) is 15.7. The van der Waals surface area contributed by atoms with Crippen molar-refractivity contribution in [1.29, 1.82) is 0 Å². The van der Waals surface area contributed by atoms with Crippen LogP contribution in [-0.4, -0.2) is 52.9 Å². The van der Waals surface area contributed by atoms with Gasteiger partial charge in [-0.1, -0.05) is 18.2 Å². The second-order valence-electron chi connectivity index (χ2n) is 7.83. The Morgan fingerprint density at radius 3 is 2.56 bits per heavy atom. The van der Waals surface area contributed by atoms with Crippen LogP contribution in [0.2, 0.25) is 0 Å². The minimum absolute atomic E-state index is 0.243. The van der Waals surface area contributed by atoms with Gasteiger partial charge in [0.05, 0.1) is 11.4 Å². The fraction of sp³-hybridized carbons (Fsp3) is 0.360. The molecule has 4 rings (SSSR count). The van der Waals surface area contributed by atoms with Crippen LogP contribution in [0.15, 0.2) is 71.9 Å². The molecule has 0 bridgehead atoms. The summed E-state index contributed by atoms with van der Waals surface area (Å²) in [5.41, 5.74) is 1.80. The lowest BCUT2D eigenvalue weighted by Crippen LogP contribution is -2.47. The lowest BCUT2D eigenvalue weighted by molar-refractivity contribution is 0.129. The summed E-state index contributed by atoms with van der Waals surface area (Å²) in [6.45, 7) is 5.41. The van der Waals surface area contributed by atoms with E-state index in [1.54, 1.807) is 16.8 Å². The Hall–Kier alpha value is -3.35. The van der Waals surface area contributed by atoms with Crippen LogP contribution >= 0.6 is 0 Å². The van der Waals surface area contributed by atoms with E-state index in [4.69, 9.17) is 9.73 Å². The second-order valence-corrected chi connectivity index (χ2v) is 7.83. The summed E-state index contributed by atoms with van der Waals surface area (Å²) in [6, 6.07) is 18.3. The normalized spacial score (nSPS) is 15.1. The molecule has 1 saturated heterocycles. The van der Waals surface area contributed by atoms with Crippen molar-refractivity contribution in [2.24, 2.45) is 4.99 Å². The van der Waals surface area contributed by atoms with Crippen molar-refractivity contribution in [3.05, 3.63) is 78.4 Å². The number of halogens is 1. The van der Waals surface area contributed by atoms with Gasteiger partial charge in [-0.25, -0.2) is 9.07 Å². The molecule has 0 atom stereocenters. The minimum Gasteiger partial charge on any atom is -0.490 e. The average molecular weight is 436 g/mol. The summed E-state index contributed by atoms with van der Waals surface area (Å²) >= 11 is 0. The van der Waals surface area contributed by atoms with Gasteiger partial charge in [0.1, 0.15) is 17.7 Å². The van der Waals surface area contributed by atoms with Crippen molar-refractivity contribution in [1.82, 2.24) is 20.0 Å². The molecule has 0 spiro atoms. The third-order valence-electron chi connectivity index (χ3n) is 5.49. The Balaban J connectivity index is 1.29. The Morgan fingerprint density at radius 1 is 1.09 bits per heavy atom. The number of hydrogen-bond donors (Lipinski definition) is 1. The van der Waals surface area contributed by atoms with Gasteiger partial charge in [-0.3, -0.25) is 4.99 Å². The van der Waals surface area contributed by atoms with Crippen molar-refractivity contribution >= 4 is 5.96 Å².